The molecule has 0 aliphatic carbocycles. The van der Waals surface area contributed by atoms with Crippen LogP contribution in [0.15, 0.2) is 34.8 Å². The van der Waals surface area contributed by atoms with Crippen molar-refractivity contribution in [1.29, 1.82) is 0 Å². The number of phenols is 2. The molecule has 0 aromatic heterocycles. The van der Waals surface area contributed by atoms with Gasteiger partial charge in [-0.2, -0.15) is 0 Å². The second-order valence-corrected chi connectivity index (χ2v) is 4.89. The van der Waals surface area contributed by atoms with E-state index in [0.717, 1.165) is 30.3 Å². The van der Waals surface area contributed by atoms with Crippen LogP contribution < -0.4 is 0 Å². The first-order valence-electron chi connectivity index (χ1n) is 5.46. The molecule has 0 atom stereocenters. The van der Waals surface area contributed by atoms with Crippen LogP contribution in [0.2, 0.25) is 0 Å². The first-order chi connectivity index (χ1) is 9.81. The van der Waals surface area contributed by atoms with Gasteiger partial charge in [0.1, 0.15) is 11.5 Å². The van der Waals surface area contributed by atoms with Gasteiger partial charge in [0.15, 0.2) is 0 Å². The third kappa shape index (κ3) is 2.77. The average Bonchev–Trinajstić information content (AvgIpc) is 2.42. The number of nitro groups is 2. The average molecular weight is 355 g/mol. The summed E-state index contributed by atoms with van der Waals surface area (Å²) in [6, 6.07) is 5.31. The minimum Gasteiger partial charge on any atom is -0.507 e. The third-order valence-corrected chi connectivity index (χ3v) is 3.34. The van der Waals surface area contributed by atoms with Gasteiger partial charge in [0.2, 0.25) is 0 Å². The highest BCUT2D eigenvalue weighted by molar-refractivity contribution is 9.10. The number of nitrogens with zero attached hydrogens (tertiary/aromatic N) is 2. The van der Waals surface area contributed by atoms with Crippen LogP contribution in [0, 0.1) is 20.2 Å². The summed E-state index contributed by atoms with van der Waals surface area (Å²) in [5.41, 5.74) is -0.811. The van der Waals surface area contributed by atoms with E-state index in [1.807, 2.05) is 0 Å². The van der Waals surface area contributed by atoms with Crippen molar-refractivity contribution in [2.45, 2.75) is 0 Å². The maximum atomic E-state index is 10.8. The summed E-state index contributed by atoms with van der Waals surface area (Å²) in [6.45, 7) is 0. The van der Waals surface area contributed by atoms with Crippen LogP contribution in [0.25, 0.3) is 11.1 Å². The number of hydrogen-bond donors (Lipinski definition) is 2. The van der Waals surface area contributed by atoms with Gasteiger partial charge in [0.05, 0.1) is 14.3 Å². The molecule has 0 saturated carbocycles. The SMILES string of the molecule is O=[N+]([O-])c1ccc(O)c(-c2cc([N+](=O)[O-])cc(Br)c2O)c1. The fourth-order valence-electron chi connectivity index (χ4n) is 1.75. The Bertz CT molecular complexity index is 762. The lowest BCUT2D eigenvalue weighted by Crippen LogP contribution is -1.92. The topological polar surface area (TPSA) is 127 Å². The zero-order valence-electron chi connectivity index (χ0n) is 10.2. The number of nitro benzene ring substituents is 2. The lowest BCUT2D eigenvalue weighted by Gasteiger charge is -2.08. The second kappa shape index (κ2) is 5.37. The molecule has 0 fully saturated rings. The summed E-state index contributed by atoms with van der Waals surface area (Å²) in [4.78, 5) is 20.3. The van der Waals surface area contributed by atoms with E-state index in [1.54, 1.807) is 0 Å². The van der Waals surface area contributed by atoms with Gasteiger partial charge in [-0.25, -0.2) is 0 Å². The van der Waals surface area contributed by atoms with Gasteiger partial charge >= 0.3 is 0 Å². The molecule has 21 heavy (non-hydrogen) atoms. The van der Waals surface area contributed by atoms with E-state index >= 15 is 0 Å². The summed E-state index contributed by atoms with van der Waals surface area (Å²) in [7, 11) is 0. The van der Waals surface area contributed by atoms with Crippen molar-refractivity contribution in [3.05, 3.63) is 55.0 Å². The van der Waals surface area contributed by atoms with Crippen LogP contribution in [-0.4, -0.2) is 20.1 Å². The molecule has 108 valence electrons. The Morgan fingerprint density at radius 1 is 0.905 bits per heavy atom. The fraction of sp³-hybridized carbons (Fsp3) is 0. The number of hydrogen-bond acceptors (Lipinski definition) is 6. The van der Waals surface area contributed by atoms with Crippen molar-refractivity contribution >= 4 is 27.3 Å². The van der Waals surface area contributed by atoms with Crippen LogP contribution in [0.3, 0.4) is 0 Å². The highest BCUT2D eigenvalue weighted by Crippen LogP contribution is 2.43. The van der Waals surface area contributed by atoms with E-state index in [1.165, 1.54) is 0 Å². The summed E-state index contributed by atoms with van der Waals surface area (Å²) >= 11 is 2.96. The van der Waals surface area contributed by atoms with Gasteiger partial charge in [-0.15, -0.1) is 0 Å². The first-order valence-corrected chi connectivity index (χ1v) is 6.25. The molecular formula is C12H7BrN2O6. The summed E-state index contributed by atoms with van der Waals surface area (Å²) in [6.07, 6.45) is 0. The van der Waals surface area contributed by atoms with Crippen LogP contribution in [0.5, 0.6) is 11.5 Å². The maximum Gasteiger partial charge on any atom is 0.271 e. The highest BCUT2D eigenvalue weighted by atomic mass is 79.9. The molecule has 0 amide bonds. The Hall–Kier alpha value is -2.68. The first kappa shape index (κ1) is 14.7. The van der Waals surface area contributed by atoms with Crippen molar-refractivity contribution < 1.29 is 20.1 Å². The van der Waals surface area contributed by atoms with Crippen molar-refractivity contribution in [2.75, 3.05) is 0 Å². The smallest absolute Gasteiger partial charge is 0.271 e. The van der Waals surface area contributed by atoms with E-state index in [4.69, 9.17) is 0 Å². The molecule has 2 aromatic carbocycles. The molecule has 2 aromatic rings. The van der Waals surface area contributed by atoms with Crippen LogP contribution in [0.1, 0.15) is 0 Å². The molecule has 9 heteroatoms. The lowest BCUT2D eigenvalue weighted by molar-refractivity contribution is -0.385. The molecule has 0 spiro atoms. The predicted molar refractivity (Wildman–Crippen MR) is 76.2 cm³/mol. The largest absolute Gasteiger partial charge is 0.507 e. The van der Waals surface area contributed by atoms with Crippen molar-refractivity contribution in [3.8, 4) is 22.6 Å². The van der Waals surface area contributed by atoms with Gasteiger partial charge in [0.25, 0.3) is 11.4 Å². The Kier molecular flexibility index (Phi) is 3.76. The predicted octanol–water partition coefficient (Wildman–Crippen LogP) is 3.34. The van der Waals surface area contributed by atoms with E-state index in [2.05, 4.69) is 15.9 Å². The zero-order chi connectivity index (χ0) is 15.7. The molecule has 2 N–H and O–H groups in total. The van der Waals surface area contributed by atoms with E-state index in [-0.39, 0.29) is 38.5 Å². The molecular weight excluding hydrogens is 348 g/mol. The highest BCUT2D eigenvalue weighted by Gasteiger charge is 2.20. The Labute approximate surface area is 125 Å². The summed E-state index contributed by atoms with van der Waals surface area (Å²) in [5, 5.41) is 41.4. The summed E-state index contributed by atoms with van der Waals surface area (Å²) in [5.74, 6) is -0.709. The monoisotopic (exact) mass is 354 g/mol. The normalized spacial score (nSPS) is 10.3. The number of rotatable bonds is 3. The molecule has 0 radical (unpaired) electrons. The Morgan fingerprint density at radius 3 is 2.05 bits per heavy atom. The molecule has 8 nitrogen and oxygen atoms in total. The number of phenolic OH excluding ortho intramolecular Hbond substituents is 2. The van der Waals surface area contributed by atoms with Gasteiger partial charge in [-0.05, 0) is 22.0 Å². The molecule has 2 rings (SSSR count). The number of benzene rings is 2. The lowest BCUT2D eigenvalue weighted by atomic mass is 10.0. The summed E-state index contributed by atoms with van der Waals surface area (Å²) < 4.78 is 0.0395. The molecule has 0 unspecified atom stereocenters. The van der Waals surface area contributed by atoms with Crippen LogP contribution >= 0.6 is 15.9 Å². The van der Waals surface area contributed by atoms with Gasteiger partial charge < -0.3 is 10.2 Å². The van der Waals surface area contributed by atoms with E-state index in [9.17, 15) is 30.4 Å². The van der Waals surface area contributed by atoms with Gasteiger partial charge in [0, 0.05) is 35.4 Å². The molecule has 0 saturated heterocycles. The van der Waals surface area contributed by atoms with E-state index in [0.29, 0.717) is 0 Å². The van der Waals surface area contributed by atoms with Crippen molar-refractivity contribution in [1.82, 2.24) is 0 Å². The van der Waals surface area contributed by atoms with Gasteiger partial charge in [-0.1, -0.05) is 0 Å². The number of aromatic hydroxyl groups is 2. The maximum absolute atomic E-state index is 10.8. The molecule has 0 bridgehead atoms. The van der Waals surface area contributed by atoms with Crippen LogP contribution in [0.4, 0.5) is 11.4 Å². The standard InChI is InChI=1S/C12H7BrN2O6/c13-10-5-7(15(20)21)4-9(12(10)17)8-3-6(14(18)19)1-2-11(8)16/h1-5,16-17H. The molecule has 0 aliphatic rings. The van der Waals surface area contributed by atoms with E-state index < -0.39 is 9.85 Å². The second-order valence-electron chi connectivity index (χ2n) is 4.04. The number of non-ortho nitro benzene ring substituents is 2. The van der Waals surface area contributed by atoms with Crippen molar-refractivity contribution in [2.24, 2.45) is 0 Å². The Morgan fingerprint density at radius 2 is 1.48 bits per heavy atom. The van der Waals surface area contributed by atoms with Crippen molar-refractivity contribution in [3.63, 3.8) is 0 Å². The van der Waals surface area contributed by atoms with Crippen LogP contribution in [-0.2, 0) is 0 Å². The fourth-order valence-corrected chi connectivity index (χ4v) is 2.20. The Balaban J connectivity index is 2.74. The third-order valence-electron chi connectivity index (χ3n) is 2.74. The molecule has 0 aliphatic heterocycles. The zero-order valence-corrected chi connectivity index (χ0v) is 11.8. The molecule has 0 heterocycles. The minimum atomic E-state index is -0.678. The minimum absolute atomic E-state index is 0.0395. The quantitative estimate of drug-likeness (QED) is 0.642. The van der Waals surface area contributed by atoms with Gasteiger partial charge in [-0.3, -0.25) is 20.2 Å². The number of halogens is 1.